The first-order valence-electron chi connectivity index (χ1n) is 17.7. The van der Waals surface area contributed by atoms with Gasteiger partial charge in [-0.3, -0.25) is 0 Å². The maximum absolute atomic E-state index is 6.40. The van der Waals surface area contributed by atoms with Gasteiger partial charge in [0.05, 0.1) is 22.1 Å². The lowest BCUT2D eigenvalue weighted by Gasteiger charge is -2.10. The summed E-state index contributed by atoms with van der Waals surface area (Å²) in [4.78, 5) is 0. The number of benzene rings is 8. The Labute approximate surface area is 296 Å². The Kier molecular flexibility index (Phi) is 5.47. The van der Waals surface area contributed by atoms with Crippen LogP contribution in [0.3, 0.4) is 0 Å². The van der Waals surface area contributed by atoms with Crippen molar-refractivity contribution in [3.63, 3.8) is 0 Å². The molecule has 4 heteroatoms. The third-order valence-corrected chi connectivity index (χ3v) is 10.9. The summed E-state index contributed by atoms with van der Waals surface area (Å²) in [5.41, 5.74) is 12.8. The molecule has 0 bridgehead atoms. The number of para-hydroxylation sites is 4. The third kappa shape index (κ3) is 3.75. The van der Waals surface area contributed by atoms with Gasteiger partial charge in [0.2, 0.25) is 0 Å². The number of aromatic nitrogens is 2. The summed E-state index contributed by atoms with van der Waals surface area (Å²) in [6, 6.07) is 60.6. The number of rotatable bonds is 3. The van der Waals surface area contributed by atoms with Crippen LogP contribution in [0.25, 0.3) is 110 Å². The van der Waals surface area contributed by atoms with E-state index in [2.05, 4.69) is 161 Å². The molecule has 0 unspecified atom stereocenters. The SMILES string of the molecule is c1ccc(-n2c3cc(-c4ccc5c(c4)c4c6c(ccc4n5-c4ccccc4)oc4ccccc46)ccc3c3cc4c(cc32)oc2ccccc24)cc1. The zero-order valence-electron chi connectivity index (χ0n) is 27.9. The highest BCUT2D eigenvalue weighted by molar-refractivity contribution is 6.28. The van der Waals surface area contributed by atoms with E-state index >= 15 is 0 Å². The minimum absolute atomic E-state index is 0.896. The van der Waals surface area contributed by atoms with Gasteiger partial charge in [-0.1, -0.05) is 91.0 Å². The van der Waals surface area contributed by atoms with Crippen LogP contribution in [-0.4, -0.2) is 9.13 Å². The molecule has 4 heterocycles. The van der Waals surface area contributed by atoms with Crippen molar-refractivity contribution in [1.82, 2.24) is 9.13 Å². The van der Waals surface area contributed by atoms with Crippen LogP contribution >= 0.6 is 0 Å². The van der Waals surface area contributed by atoms with Gasteiger partial charge >= 0.3 is 0 Å². The van der Waals surface area contributed by atoms with E-state index in [9.17, 15) is 0 Å². The van der Waals surface area contributed by atoms with Crippen LogP contribution in [-0.2, 0) is 0 Å². The Bertz CT molecular complexity index is 3400. The van der Waals surface area contributed by atoms with Gasteiger partial charge in [0.15, 0.2) is 0 Å². The topological polar surface area (TPSA) is 36.1 Å². The van der Waals surface area contributed by atoms with Gasteiger partial charge < -0.3 is 18.0 Å². The van der Waals surface area contributed by atoms with Crippen LogP contribution < -0.4 is 0 Å². The van der Waals surface area contributed by atoms with Crippen molar-refractivity contribution in [3.8, 4) is 22.5 Å². The molecule has 242 valence electrons. The van der Waals surface area contributed by atoms with E-state index in [1.807, 2.05) is 18.2 Å². The standard InChI is InChI=1S/C48H28N2O2/c1-3-11-31(12-4-1)49-39-22-20-29(25-38(39)47-40(49)23-24-45-48(47)35-16-8-10-18-44(35)51-45)30-19-21-33-36-27-37-34-15-7-9-17-43(34)52-46(37)28-42(36)50(41(33)26-30)32-13-5-2-6-14-32/h1-28H. The lowest BCUT2D eigenvalue weighted by Crippen LogP contribution is -1.93. The quantitative estimate of drug-likeness (QED) is 0.188. The van der Waals surface area contributed by atoms with Crippen LogP contribution in [0.5, 0.6) is 0 Å². The van der Waals surface area contributed by atoms with E-state index < -0.39 is 0 Å². The molecule has 8 aromatic carbocycles. The monoisotopic (exact) mass is 664 g/mol. The van der Waals surface area contributed by atoms with Gasteiger partial charge in [0, 0.05) is 60.5 Å². The molecule has 0 fully saturated rings. The lowest BCUT2D eigenvalue weighted by molar-refractivity contribution is 0.669. The summed E-state index contributed by atoms with van der Waals surface area (Å²) >= 11 is 0. The van der Waals surface area contributed by atoms with Crippen molar-refractivity contribution >= 4 is 87.5 Å². The molecule has 0 saturated carbocycles. The average molecular weight is 665 g/mol. The van der Waals surface area contributed by atoms with E-state index in [4.69, 9.17) is 8.83 Å². The van der Waals surface area contributed by atoms with Crippen LogP contribution in [0.2, 0.25) is 0 Å². The molecule has 0 saturated heterocycles. The average Bonchev–Trinajstić information content (AvgIpc) is 3.94. The van der Waals surface area contributed by atoms with E-state index in [1.54, 1.807) is 0 Å². The highest BCUT2D eigenvalue weighted by Gasteiger charge is 2.21. The molecule has 0 spiro atoms. The molecule has 0 amide bonds. The van der Waals surface area contributed by atoms with Crippen molar-refractivity contribution in [3.05, 3.63) is 170 Å². The van der Waals surface area contributed by atoms with E-state index in [0.717, 1.165) is 88.4 Å². The smallest absolute Gasteiger partial charge is 0.137 e. The number of nitrogens with zero attached hydrogens (tertiary/aromatic N) is 2. The fraction of sp³-hybridized carbons (Fsp3) is 0. The maximum Gasteiger partial charge on any atom is 0.137 e. The third-order valence-electron chi connectivity index (χ3n) is 10.9. The summed E-state index contributed by atoms with van der Waals surface area (Å²) in [6.07, 6.45) is 0. The molecule has 0 N–H and O–H groups in total. The molecule has 12 rings (SSSR count). The van der Waals surface area contributed by atoms with E-state index in [-0.39, 0.29) is 0 Å². The van der Waals surface area contributed by atoms with Crippen molar-refractivity contribution in [2.75, 3.05) is 0 Å². The molecule has 0 radical (unpaired) electrons. The van der Waals surface area contributed by atoms with E-state index in [0.29, 0.717) is 0 Å². The lowest BCUT2D eigenvalue weighted by atomic mass is 9.99. The predicted molar refractivity (Wildman–Crippen MR) is 215 cm³/mol. The van der Waals surface area contributed by atoms with Crippen molar-refractivity contribution in [2.24, 2.45) is 0 Å². The fourth-order valence-corrected chi connectivity index (χ4v) is 8.63. The predicted octanol–water partition coefficient (Wildman–Crippen LogP) is 13.3. The van der Waals surface area contributed by atoms with Crippen LogP contribution in [0.1, 0.15) is 0 Å². The van der Waals surface area contributed by atoms with Gasteiger partial charge in [-0.15, -0.1) is 0 Å². The number of hydrogen-bond acceptors (Lipinski definition) is 2. The minimum atomic E-state index is 0.896. The number of furan rings is 2. The first-order chi connectivity index (χ1) is 25.8. The molecular weight excluding hydrogens is 637 g/mol. The molecule has 4 aromatic heterocycles. The van der Waals surface area contributed by atoms with Gasteiger partial charge in [-0.05, 0) is 83.9 Å². The zero-order valence-corrected chi connectivity index (χ0v) is 27.9. The Morgan fingerprint density at radius 1 is 0.288 bits per heavy atom. The van der Waals surface area contributed by atoms with Crippen molar-refractivity contribution in [2.45, 2.75) is 0 Å². The Morgan fingerprint density at radius 2 is 0.885 bits per heavy atom. The summed E-state index contributed by atoms with van der Waals surface area (Å²) in [6.45, 7) is 0. The maximum atomic E-state index is 6.40. The molecule has 0 atom stereocenters. The zero-order chi connectivity index (χ0) is 33.9. The Balaban J connectivity index is 1.15. The normalized spacial score (nSPS) is 12.2. The first kappa shape index (κ1) is 27.7. The second-order valence-electron chi connectivity index (χ2n) is 13.7. The highest BCUT2D eigenvalue weighted by Crippen LogP contribution is 2.44. The largest absolute Gasteiger partial charge is 0.456 e. The Morgan fingerprint density at radius 3 is 1.67 bits per heavy atom. The number of fused-ring (bicyclic) bond motifs is 13. The summed E-state index contributed by atoms with van der Waals surface area (Å²) in [7, 11) is 0. The summed E-state index contributed by atoms with van der Waals surface area (Å²) < 4.78 is 17.5. The minimum Gasteiger partial charge on any atom is -0.456 e. The molecule has 52 heavy (non-hydrogen) atoms. The fourth-order valence-electron chi connectivity index (χ4n) is 8.63. The molecule has 0 aliphatic carbocycles. The van der Waals surface area contributed by atoms with Gasteiger partial charge in [-0.25, -0.2) is 0 Å². The van der Waals surface area contributed by atoms with Gasteiger partial charge in [0.1, 0.15) is 22.3 Å². The van der Waals surface area contributed by atoms with Gasteiger partial charge in [-0.2, -0.15) is 0 Å². The highest BCUT2D eigenvalue weighted by atomic mass is 16.3. The Hall–Kier alpha value is -7.04. The van der Waals surface area contributed by atoms with Gasteiger partial charge in [0.25, 0.3) is 0 Å². The van der Waals surface area contributed by atoms with Crippen molar-refractivity contribution in [1.29, 1.82) is 0 Å². The van der Waals surface area contributed by atoms with Crippen LogP contribution in [0.4, 0.5) is 0 Å². The second-order valence-corrected chi connectivity index (χ2v) is 13.7. The molecular formula is C48H28N2O2. The van der Waals surface area contributed by atoms with E-state index in [1.165, 1.54) is 21.5 Å². The van der Waals surface area contributed by atoms with Crippen molar-refractivity contribution < 1.29 is 8.83 Å². The second kappa shape index (κ2) is 10.3. The molecule has 0 aliphatic rings. The number of hydrogen-bond donors (Lipinski definition) is 0. The van der Waals surface area contributed by atoms with Crippen LogP contribution in [0, 0.1) is 0 Å². The molecule has 12 aromatic rings. The first-order valence-corrected chi connectivity index (χ1v) is 17.7. The summed E-state index contributed by atoms with van der Waals surface area (Å²) in [5.74, 6) is 0. The molecule has 0 aliphatic heterocycles. The molecule has 4 nitrogen and oxygen atoms in total. The summed E-state index contributed by atoms with van der Waals surface area (Å²) in [5, 5.41) is 9.39. The van der Waals surface area contributed by atoms with Crippen LogP contribution in [0.15, 0.2) is 179 Å².